The summed E-state index contributed by atoms with van der Waals surface area (Å²) in [6.07, 6.45) is 6.47. The summed E-state index contributed by atoms with van der Waals surface area (Å²) >= 11 is 7.31. The SMILES string of the molecule is CCOc1ccc(-n2c(SCC(=O)N/N=C/C=C/c3ccco3)nnc2-c2ccc(Cl)cc2)cc1. The first-order chi connectivity index (χ1) is 17.1. The molecule has 0 atom stereocenters. The number of thioether (sulfide) groups is 1. The van der Waals surface area contributed by atoms with Gasteiger partial charge in [0.25, 0.3) is 5.91 Å². The lowest BCUT2D eigenvalue weighted by Gasteiger charge is -2.11. The third-order valence-corrected chi connectivity index (χ3v) is 5.81. The minimum atomic E-state index is -0.271. The van der Waals surface area contributed by atoms with Gasteiger partial charge in [-0.05, 0) is 79.7 Å². The fourth-order valence-corrected chi connectivity index (χ4v) is 3.95. The normalized spacial score (nSPS) is 11.4. The molecule has 2 aromatic heterocycles. The van der Waals surface area contributed by atoms with E-state index in [2.05, 4.69) is 20.7 Å². The van der Waals surface area contributed by atoms with Crippen molar-refractivity contribution in [1.82, 2.24) is 20.2 Å². The maximum Gasteiger partial charge on any atom is 0.250 e. The Labute approximate surface area is 211 Å². The Morgan fingerprint density at radius 2 is 1.97 bits per heavy atom. The van der Waals surface area contributed by atoms with E-state index in [1.165, 1.54) is 18.0 Å². The molecule has 0 saturated carbocycles. The first-order valence-corrected chi connectivity index (χ1v) is 12.1. The topological polar surface area (TPSA) is 94.5 Å². The van der Waals surface area contributed by atoms with Crippen LogP contribution in [0.25, 0.3) is 23.2 Å². The molecule has 0 bridgehead atoms. The molecule has 4 rings (SSSR count). The molecule has 4 aromatic rings. The van der Waals surface area contributed by atoms with Crippen LogP contribution in [-0.4, -0.2) is 39.2 Å². The largest absolute Gasteiger partial charge is 0.494 e. The average molecular weight is 508 g/mol. The summed E-state index contributed by atoms with van der Waals surface area (Å²) in [5.41, 5.74) is 4.19. The molecule has 0 aliphatic heterocycles. The molecule has 1 N–H and O–H groups in total. The van der Waals surface area contributed by atoms with Gasteiger partial charge in [0.15, 0.2) is 11.0 Å². The Morgan fingerprint density at radius 3 is 2.69 bits per heavy atom. The Bertz CT molecular complexity index is 1300. The summed E-state index contributed by atoms with van der Waals surface area (Å²) in [5.74, 6) is 1.93. The van der Waals surface area contributed by atoms with Crippen LogP contribution in [-0.2, 0) is 4.79 Å². The number of halogens is 1. The second kappa shape index (κ2) is 12.0. The highest BCUT2D eigenvalue weighted by Gasteiger charge is 2.17. The predicted octanol–water partition coefficient (Wildman–Crippen LogP) is 5.49. The molecule has 178 valence electrons. The van der Waals surface area contributed by atoms with Crippen LogP contribution in [0.3, 0.4) is 0 Å². The molecule has 1 amide bonds. The van der Waals surface area contributed by atoms with E-state index < -0.39 is 0 Å². The van der Waals surface area contributed by atoms with E-state index in [9.17, 15) is 4.79 Å². The van der Waals surface area contributed by atoms with Crippen LogP contribution in [0.2, 0.25) is 5.02 Å². The minimum absolute atomic E-state index is 0.106. The summed E-state index contributed by atoms with van der Waals surface area (Å²) in [7, 11) is 0. The van der Waals surface area contributed by atoms with Gasteiger partial charge in [0.05, 0.1) is 18.6 Å². The molecule has 10 heteroatoms. The van der Waals surface area contributed by atoms with Crippen molar-refractivity contribution in [3.63, 3.8) is 0 Å². The molecule has 0 aliphatic carbocycles. The van der Waals surface area contributed by atoms with Gasteiger partial charge in [0, 0.05) is 22.5 Å². The van der Waals surface area contributed by atoms with Crippen molar-refractivity contribution in [2.45, 2.75) is 12.1 Å². The zero-order valence-corrected chi connectivity index (χ0v) is 20.4. The van der Waals surface area contributed by atoms with Crippen molar-refractivity contribution < 1.29 is 13.9 Å². The lowest BCUT2D eigenvalue weighted by Crippen LogP contribution is -2.19. The Hall–Kier alpha value is -3.82. The van der Waals surface area contributed by atoms with E-state index in [1.807, 2.05) is 54.0 Å². The molecular formula is C25H22ClN5O3S. The number of benzene rings is 2. The summed E-state index contributed by atoms with van der Waals surface area (Å²) in [4.78, 5) is 12.3. The molecular weight excluding hydrogens is 486 g/mol. The molecule has 0 aliphatic rings. The molecule has 0 radical (unpaired) electrons. The monoisotopic (exact) mass is 507 g/mol. The Morgan fingerprint density at radius 1 is 1.17 bits per heavy atom. The number of allylic oxidation sites excluding steroid dienone is 1. The van der Waals surface area contributed by atoms with Crippen LogP contribution in [0.15, 0.2) is 87.7 Å². The molecule has 8 nitrogen and oxygen atoms in total. The van der Waals surface area contributed by atoms with Gasteiger partial charge in [-0.2, -0.15) is 5.10 Å². The van der Waals surface area contributed by atoms with Gasteiger partial charge in [-0.25, -0.2) is 5.43 Å². The Kier molecular flexibility index (Phi) is 8.37. The number of rotatable bonds is 10. The quantitative estimate of drug-likeness (QED) is 0.173. The summed E-state index contributed by atoms with van der Waals surface area (Å²) in [6.45, 7) is 2.52. The number of nitrogens with zero attached hydrogens (tertiary/aromatic N) is 4. The third kappa shape index (κ3) is 6.62. The molecule has 2 heterocycles. The van der Waals surface area contributed by atoms with Crippen LogP contribution < -0.4 is 10.2 Å². The number of hydrazone groups is 1. The fraction of sp³-hybridized carbons (Fsp3) is 0.120. The summed E-state index contributed by atoms with van der Waals surface area (Å²) < 4.78 is 12.6. The fourth-order valence-electron chi connectivity index (χ4n) is 3.08. The lowest BCUT2D eigenvalue weighted by atomic mass is 10.2. The van der Waals surface area contributed by atoms with Gasteiger partial charge in [-0.1, -0.05) is 23.4 Å². The first-order valence-electron chi connectivity index (χ1n) is 10.7. The smallest absolute Gasteiger partial charge is 0.250 e. The van der Waals surface area contributed by atoms with Gasteiger partial charge in [0.1, 0.15) is 11.5 Å². The molecule has 0 spiro atoms. The van der Waals surface area contributed by atoms with Crippen molar-refractivity contribution in [3.8, 4) is 22.8 Å². The van der Waals surface area contributed by atoms with E-state index in [4.69, 9.17) is 20.8 Å². The first kappa shape index (κ1) is 24.3. The Balaban J connectivity index is 1.48. The maximum atomic E-state index is 12.3. The second-order valence-corrected chi connectivity index (χ2v) is 8.43. The van der Waals surface area contributed by atoms with E-state index in [0.717, 1.165) is 17.0 Å². The van der Waals surface area contributed by atoms with Crippen molar-refractivity contribution in [2.75, 3.05) is 12.4 Å². The number of ether oxygens (including phenoxy) is 1. The van der Waals surface area contributed by atoms with E-state index in [-0.39, 0.29) is 11.7 Å². The van der Waals surface area contributed by atoms with Crippen molar-refractivity contribution in [3.05, 3.63) is 83.8 Å². The van der Waals surface area contributed by atoms with Crippen LogP contribution in [0.4, 0.5) is 0 Å². The number of hydrogen-bond donors (Lipinski definition) is 1. The molecule has 35 heavy (non-hydrogen) atoms. The number of nitrogens with one attached hydrogen (secondary N) is 1. The summed E-state index contributed by atoms with van der Waals surface area (Å²) in [5, 5.41) is 13.8. The zero-order valence-electron chi connectivity index (χ0n) is 18.8. The highest BCUT2D eigenvalue weighted by atomic mass is 35.5. The maximum absolute atomic E-state index is 12.3. The lowest BCUT2D eigenvalue weighted by molar-refractivity contribution is -0.118. The van der Waals surface area contributed by atoms with Gasteiger partial charge < -0.3 is 9.15 Å². The van der Waals surface area contributed by atoms with Crippen molar-refractivity contribution >= 4 is 41.6 Å². The number of aromatic nitrogens is 3. The van der Waals surface area contributed by atoms with Gasteiger partial charge in [0.2, 0.25) is 0 Å². The standard InChI is InChI=1S/C25H22ClN5O3S/c1-2-33-22-13-11-20(12-14-22)31-24(18-7-9-19(26)10-8-18)29-30-25(31)35-17-23(32)28-27-15-3-5-21-6-4-16-34-21/h3-16H,2,17H2,1H3,(H,28,32)/b5-3+,27-15+. The van der Waals surface area contributed by atoms with E-state index in [0.29, 0.717) is 28.4 Å². The van der Waals surface area contributed by atoms with E-state index in [1.54, 1.807) is 36.6 Å². The highest BCUT2D eigenvalue weighted by molar-refractivity contribution is 7.99. The average Bonchev–Trinajstić information content (AvgIpc) is 3.54. The second-order valence-electron chi connectivity index (χ2n) is 7.05. The predicted molar refractivity (Wildman–Crippen MR) is 138 cm³/mol. The number of carbonyl (C=O) groups excluding carboxylic acids is 1. The number of amides is 1. The molecule has 0 fully saturated rings. The van der Waals surface area contributed by atoms with Gasteiger partial charge >= 0.3 is 0 Å². The van der Waals surface area contributed by atoms with Gasteiger partial charge in [-0.3, -0.25) is 9.36 Å². The van der Waals surface area contributed by atoms with Crippen LogP contribution >= 0.6 is 23.4 Å². The van der Waals surface area contributed by atoms with Crippen molar-refractivity contribution in [2.24, 2.45) is 5.10 Å². The molecule has 0 unspecified atom stereocenters. The minimum Gasteiger partial charge on any atom is -0.494 e. The van der Waals surface area contributed by atoms with Crippen LogP contribution in [0, 0.1) is 0 Å². The van der Waals surface area contributed by atoms with Gasteiger partial charge in [-0.15, -0.1) is 10.2 Å². The highest BCUT2D eigenvalue weighted by Crippen LogP contribution is 2.29. The molecule has 2 aromatic carbocycles. The zero-order chi connectivity index (χ0) is 24.5. The van der Waals surface area contributed by atoms with Crippen molar-refractivity contribution in [1.29, 1.82) is 0 Å². The molecule has 0 saturated heterocycles. The van der Waals surface area contributed by atoms with Crippen LogP contribution in [0.5, 0.6) is 5.75 Å². The number of furan rings is 1. The summed E-state index contributed by atoms with van der Waals surface area (Å²) in [6, 6.07) is 18.6. The number of hydrogen-bond acceptors (Lipinski definition) is 7. The van der Waals surface area contributed by atoms with Crippen LogP contribution in [0.1, 0.15) is 12.7 Å². The van der Waals surface area contributed by atoms with E-state index >= 15 is 0 Å². The number of carbonyl (C=O) groups is 1. The third-order valence-electron chi connectivity index (χ3n) is 4.63.